The van der Waals surface area contributed by atoms with Crippen molar-refractivity contribution >= 4 is 38.9 Å². The van der Waals surface area contributed by atoms with Crippen LogP contribution in [0.3, 0.4) is 0 Å². The Morgan fingerprint density at radius 1 is 1.10 bits per heavy atom. The molecule has 176 valence electrons. The molecule has 4 N–H and O–H groups in total. The highest BCUT2D eigenvalue weighted by atomic mass is 32.2. The highest BCUT2D eigenvalue weighted by molar-refractivity contribution is 7.93. The number of hydroxylamine groups is 1. The molecule has 1 aromatic rings. The van der Waals surface area contributed by atoms with Gasteiger partial charge in [-0.2, -0.15) is 0 Å². The van der Waals surface area contributed by atoms with Crippen molar-refractivity contribution in [2.75, 3.05) is 12.8 Å². The number of thiophene rings is 1. The van der Waals surface area contributed by atoms with Crippen molar-refractivity contribution in [1.29, 1.82) is 0 Å². The van der Waals surface area contributed by atoms with E-state index in [-0.39, 0.29) is 16.5 Å². The second-order valence-electron chi connectivity index (χ2n) is 8.95. The number of likely N-dealkylation sites (N-methyl/N-ethyl adjacent to an activating group) is 1. The molecule has 1 rings (SSSR count). The summed E-state index contributed by atoms with van der Waals surface area (Å²) in [5.74, 6) is -5.10. The number of carbonyl (C=O) groups excluding carboxylic acids is 3. The molecule has 0 aliphatic carbocycles. The lowest BCUT2D eigenvalue weighted by Gasteiger charge is -2.33. The van der Waals surface area contributed by atoms with Crippen LogP contribution in [0.5, 0.6) is 0 Å². The first-order chi connectivity index (χ1) is 14.2. The normalized spacial score (nSPS) is 15.1. The first-order valence-electron chi connectivity index (χ1n) is 9.96. The van der Waals surface area contributed by atoms with Crippen molar-refractivity contribution in [2.45, 2.75) is 51.3 Å². The molecular formula is C20H33N3O6S2. The molecule has 3 amide bonds. The minimum absolute atomic E-state index is 0.0535. The summed E-state index contributed by atoms with van der Waals surface area (Å²) in [6.07, 6.45) is 0.189. The molecule has 1 heterocycles. The largest absolute Gasteiger partial charge is 0.357 e. The fraction of sp³-hybridized carbons (Fsp3) is 0.650. The van der Waals surface area contributed by atoms with E-state index in [9.17, 15) is 28.0 Å². The minimum atomic E-state index is -3.88. The molecule has 31 heavy (non-hydrogen) atoms. The number of rotatable bonds is 10. The maximum atomic E-state index is 13.2. The van der Waals surface area contributed by atoms with E-state index >= 15 is 0 Å². The summed E-state index contributed by atoms with van der Waals surface area (Å²) in [6.45, 7) is 9.02. The van der Waals surface area contributed by atoms with Crippen LogP contribution in [0.25, 0.3) is 0 Å². The van der Waals surface area contributed by atoms with Crippen LogP contribution in [0.2, 0.25) is 0 Å². The molecule has 1 aromatic heterocycles. The lowest BCUT2D eigenvalue weighted by atomic mass is 9.82. The van der Waals surface area contributed by atoms with Crippen LogP contribution in [0.4, 0.5) is 0 Å². The van der Waals surface area contributed by atoms with Gasteiger partial charge >= 0.3 is 0 Å². The first-order valence-corrected chi connectivity index (χ1v) is 12.5. The second kappa shape index (κ2) is 11.1. The lowest BCUT2D eigenvalue weighted by molar-refractivity contribution is -0.141. The zero-order chi connectivity index (χ0) is 24.0. The van der Waals surface area contributed by atoms with Gasteiger partial charge in [0.1, 0.15) is 10.3 Å². The summed E-state index contributed by atoms with van der Waals surface area (Å²) in [6, 6.07) is 2.10. The molecule has 0 bridgehead atoms. The van der Waals surface area contributed by atoms with Crippen molar-refractivity contribution in [1.82, 2.24) is 16.1 Å². The molecule has 0 saturated heterocycles. The third kappa shape index (κ3) is 7.58. The summed E-state index contributed by atoms with van der Waals surface area (Å²) < 4.78 is 25.7. The Morgan fingerprint density at radius 2 is 1.71 bits per heavy atom. The van der Waals surface area contributed by atoms with Gasteiger partial charge in [-0.25, -0.2) is 13.9 Å². The van der Waals surface area contributed by atoms with E-state index < -0.39 is 56.6 Å². The second-order valence-corrected chi connectivity index (χ2v) is 12.2. The molecule has 9 nitrogen and oxygen atoms in total. The van der Waals surface area contributed by atoms with Crippen molar-refractivity contribution in [3.63, 3.8) is 0 Å². The zero-order valence-corrected chi connectivity index (χ0v) is 20.4. The van der Waals surface area contributed by atoms with Gasteiger partial charge in [-0.05, 0) is 29.2 Å². The highest BCUT2D eigenvalue weighted by Gasteiger charge is 2.41. The van der Waals surface area contributed by atoms with E-state index in [4.69, 9.17) is 0 Å². The van der Waals surface area contributed by atoms with E-state index in [0.717, 1.165) is 11.3 Å². The van der Waals surface area contributed by atoms with Crippen molar-refractivity contribution in [2.24, 2.45) is 23.2 Å². The molecule has 0 spiro atoms. The maximum Gasteiger partial charge on any atom is 0.248 e. The fourth-order valence-electron chi connectivity index (χ4n) is 3.25. The summed E-state index contributed by atoms with van der Waals surface area (Å²) in [5.41, 5.74) is 0.871. The Labute approximate surface area is 187 Å². The van der Waals surface area contributed by atoms with Crippen molar-refractivity contribution in [3.05, 3.63) is 17.5 Å². The standard InChI is InChI=1S/C20H33N3O6S2/c1-12(2)10-13(17(24)22-16(19(26)21-6)20(3,4)5)14(18(25)23-27)11-31(28,29)15-8-7-9-30-15/h7-9,12-14,16,27H,10-11H2,1-6H3,(H,21,26)(H,22,24)(H,23,25)/t13-,14+,16-/m1/s1. The van der Waals surface area contributed by atoms with E-state index in [0.29, 0.717) is 0 Å². The summed E-state index contributed by atoms with van der Waals surface area (Å²) in [7, 11) is -2.42. The minimum Gasteiger partial charge on any atom is -0.357 e. The third-order valence-corrected chi connectivity index (χ3v) is 8.12. The maximum absolute atomic E-state index is 13.2. The van der Waals surface area contributed by atoms with Crippen LogP contribution >= 0.6 is 11.3 Å². The van der Waals surface area contributed by atoms with Gasteiger partial charge in [-0.15, -0.1) is 11.3 Å². The van der Waals surface area contributed by atoms with Gasteiger partial charge in [0, 0.05) is 7.05 Å². The van der Waals surface area contributed by atoms with Gasteiger partial charge < -0.3 is 10.6 Å². The molecule has 0 fully saturated rings. The van der Waals surface area contributed by atoms with E-state index in [1.54, 1.807) is 32.2 Å². The predicted molar refractivity (Wildman–Crippen MR) is 118 cm³/mol. The van der Waals surface area contributed by atoms with Crippen LogP contribution in [0, 0.1) is 23.2 Å². The van der Waals surface area contributed by atoms with Crippen LogP contribution in [0.15, 0.2) is 21.7 Å². The first kappa shape index (κ1) is 27.1. The molecule has 3 atom stereocenters. The monoisotopic (exact) mass is 475 g/mol. The summed E-state index contributed by atoms with van der Waals surface area (Å²) in [4.78, 5) is 38.1. The van der Waals surface area contributed by atoms with Crippen LogP contribution < -0.4 is 16.1 Å². The molecule has 0 aliphatic heterocycles. The van der Waals surface area contributed by atoms with Crippen molar-refractivity contribution < 1.29 is 28.0 Å². The Kier molecular flexibility index (Phi) is 9.65. The number of hydrogen-bond donors (Lipinski definition) is 4. The third-order valence-electron chi connectivity index (χ3n) is 4.86. The summed E-state index contributed by atoms with van der Waals surface area (Å²) >= 11 is 1.01. The van der Waals surface area contributed by atoms with E-state index in [1.807, 2.05) is 13.8 Å². The van der Waals surface area contributed by atoms with Crippen LogP contribution in [-0.4, -0.2) is 50.2 Å². The number of amides is 3. The van der Waals surface area contributed by atoms with Gasteiger partial charge in [0.25, 0.3) is 0 Å². The molecule has 0 saturated carbocycles. The lowest BCUT2D eigenvalue weighted by Crippen LogP contribution is -2.56. The number of hydrogen-bond acceptors (Lipinski definition) is 7. The average molecular weight is 476 g/mol. The molecule has 0 aliphatic rings. The SMILES string of the molecule is CNC(=O)[C@@H](NC(=O)[C@H](CC(C)C)[C@H](CS(=O)(=O)c1cccs1)C(=O)NO)C(C)(C)C. The zero-order valence-electron chi connectivity index (χ0n) is 18.8. The van der Waals surface area contributed by atoms with Crippen molar-refractivity contribution in [3.8, 4) is 0 Å². The molecule has 11 heteroatoms. The van der Waals surface area contributed by atoms with Gasteiger partial charge in [0.05, 0.1) is 17.6 Å². The smallest absolute Gasteiger partial charge is 0.248 e. The number of sulfone groups is 1. The van der Waals surface area contributed by atoms with Crippen LogP contribution in [-0.2, 0) is 24.2 Å². The molecule has 0 unspecified atom stereocenters. The van der Waals surface area contributed by atoms with E-state index in [1.165, 1.54) is 18.6 Å². The Balaban J connectivity index is 3.33. The number of nitrogens with one attached hydrogen (secondary N) is 3. The molecular weight excluding hydrogens is 442 g/mol. The van der Waals surface area contributed by atoms with Crippen LogP contribution in [0.1, 0.15) is 41.0 Å². The quantitative estimate of drug-likeness (QED) is 0.299. The van der Waals surface area contributed by atoms with Gasteiger partial charge in [0.15, 0.2) is 9.84 Å². The average Bonchev–Trinajstić information content (AvgIpc) is 3.22. The highest BCUT2D eigenvalue weighted by Crippen LogP contribution is 2.28. The van der Waals surface area contributed by atoms with Gasteiger partial charge in [-0.1, -0.05) is 40.7 Å². The van der Waals surface area contributed by atoms with Gasteiger partial charge in [-0.3, -0.25) is 19.6 Å². The summed E-state index contributed by atoms with van der Waals surface area (Å²) in [5, 5.41) is 16.0. The van der Waals surface area contributed by atoms with Gasteiger partial charge in [0.2, 0.25) is 17.7 Å². The molecule has 0 aromatic carbocycles. The predicted octanol–water partition coefficient (Wildman–Crippen LogP) is 1.58. The topological polar surface area (TPSA) is 142 Å². The molecule has 0 radical (unpaired) electrons. The Bertz CT molecular complexity index is 860. The van der Waals surface area contributed by atoms with E-state index in [2.05, 4.69) is 10.6 Å². The fourth-order valence-corrected chi connectivity index (χ4v) is 5.96. The Hall–Kier alpha value is -1.98. The number of carbonyl (C=O) groups is 3. The Morgan fingerprint density at radius 3 is 2.13 bits per heavy atom.